The van der Waals surface area contributed by atoms with E-state index in [0.29, 0.717) is 28.4 Å². The molecule has 0 aliphatic heterocycles. The van der Waals surface area contributed by atoms with Crippen LogP contribution in [0.5, 0.6) is 0 Å². The Bertz CT molecular complexity index is 804. The van der Waals surface area contributed by atoms with Gasteiger partial charge in [0.05, 0.1) is 0 Å². The summed E-state index contributed by atoms with van der Waals surface area (Å²) in [4.78, 5) is 13.1. The van der Waals surface area contributed by atoms with Gasteiger partial charge in [0.1, 0.15) is 5.78 Å². The lowest BCUT2D eigenvalue weighted by atomic mass is 9.55. The number of fused-ring (bicyclic) bond motifs is 5. The van der Waals surface area contributed by atoms with Gasteiger partial charge in [0.15, 0.2) is 0 Å². The van der Waals surface area contributed by atoms with Crippen LogP contribution >= 0.6 is 10.8 Å². The standard InChI is InChI=1S/C18H23NO3S2/c1-18-9-8-14-13-5-3-12(23-24(19,21)22)10-11(13)2-4-15(14)16(18)6-7-17(18)20/h3,5,10,14-16H,2,4,6-9H2,1H3,(H2,19,21,22)/t14?,15?,16?,18-/m0/s1. The second kappa shape index (κ2) is 5.58. The molecule has 0 amide bonds. The molecule has 1 aromatic carbocycles. The third kappa shape index (κ3) is 2.63. The first kappa shape index (κ1) is 16.6. The molecule has 2 N–H and O–H groups in total. The van der Waals surface area contributed by atoms with E-state index in [0.717, 1.165) is 49.3 Å². The van der Waals surface area contributed by atoms with Crippen molar-refractivity contribution in [2.24, 2.45) is 22.4 Å². The second-order valence-electron chi connectivity index (χ2n) is 7.77. The summed E-state index contributed by atoms with van der Waals surface area (Å²) in [5.41, 5.74) is 2.53. The molecule has 3 aliphatic rings. The summed E-state index contributed by atoms with van der Waals surface area (Å²) in [5, 5.41) is 5.14. The number of benzene rings is 1. The van der Waals surface area contributed by atoms with Crippen LogP contribution in [-0.2, 0) is 20.3 Å². The minimum absolute atomic E-state index is 0.0951. The molecular weight excluding hydrogens is 342 g/mol. The molecule has 3 aliphatic carbocycles. The van der Waals surface area contributed by atoms with E-state index in [1.165, 1.54) is 11.1 Å². The van der Waals surface area contributed by atoms with Gasteiger partial charge in [0.25, 0.3) is 9.06 Å². The fraction of sp³-hybridized carbons (Fsp3) is 0.611. The highest BCUT2D eigenvalue weighted by atomic mass is 33.1. The molecule has 4 rings (SSSR count). The maximum absolute atomic E-state index is 12.4. The average molecular weight is 366 g/mol. The molecular formula is C18H23NO3S2. The molecule has 4 atom stereocenters. The first-order valence-corrected chi connectivity index (χ1v) is 11.5. The SMILES string of the molecule is C[C@]12CCC3c4ccc(SS(N)(=O)=O)cc4CCC3C1CCC2=O. The maximum atomic E-state index is 12.4. The fourth-order valence-electron chi connectivity index (χ4n) is 5.52. The molecule has 4 nitrogen and oxygen atoms in total. The van der Waals surface area contributed by atoms with Crippen molar-refractivity contribution in [3.63, 3.8) is 0 Å². The normalized spacial score (nSPS) is 35.2. The number of carbonyl (C=O) groups is 1. The quantitative estimate of drug-likeness (QED) is 0.815. The van der Waals surface area contributed by atoms with Crippen molar-refractivity contribution in [2.45, 2.75) is 56.3 Å². The van der Waals surface area contributed by atoms with Crippen LogP contribution in [0.3, 0.4) is 0 Å². The summed E-state index contributed by atoms with van der Waals surface area (Å²) >= 11 is 0. The predicted molar refractivity (Wildman–Crippen MR) is 95.0 cm³/mol. The summed E-state index contributed by atoms with van der Waals surface area (Å²) in [7, 11) is -2.85. The number of rotatable bonds is 2. The first-order valence-electron chi connectivity index (χ1n) is 8.66. The Kier molecular flexibility index (Phi) is 3.86. The largest absolute Gasteiger partial charge is 0.299 e. The van der Waals surface area contributed by atoms with E-state index in [9.17, 15) is 13.2 Å². The summed E-state index contributed by atoms with van der Waals surface area (Å²) in [6.45, 7) is 2.19. The molecule has 0 heterocycles. The van der Waals surface area contributed by atoms with E-state index in [4.69, 9.17) is 5.14 Å². The molecule has 0 aromatic heterocycles. The van der Waals surface area contributed by atoms with Crippen molar-refractivity contribution in [3.05, 3.63) is 29.3 Å². The topological polar surface area (TPSA) is 77.2 Å². The van der Waals surface area contributed by atoms with Gasteiger partial charge in [0.2, 0.25) is 0 Å². The molecule has 6 heteroatoms. The second-order valence-corrected chi connectivity index (χ2v) is 11.3. The van der Waals surface area contributed by atoms with Crippen LogP contribution in [0, 0.1) is 17.3 Å². The number of hydrogen-bond donors (Lipinski definition) is 1. The molecule has 0 radical (unpaired) electrons. The Hall–Kier alpha value is -0.850. The van der Waals surface area contributed by atoms with Gasteiger partial charge in [-0.3, -0.25) is 4.79 Å². The van der Waals surface area contributed by atoms with Gasteiger partial charge in [-0.15, -0.1) is 0 Å². The Morgan fingerprint density at radius 1 is 1.21 bits per heavy atom. The molecule has 0 bridgehead atoms. The van der Waals surface area contributed by atoms with E-state index in [1.54, 1.807) is 0 Å². The van der Waals surface area contributed by atoms with E-state index < -0.39 is 9.06 Å². The number of Topliss-reactive ketones (excluding diaryl/α,β-unsaturated/α-hetero) is 1. The smallest absolute Gasteiger partial charge is 0.266 e. The lowest BCUT2D eigenvalue weighted by Crippen LogP contribution is -2.42. The van der Waals surface area contributed by atoms with Crippen LogP contribution in [0.2, 0.25) is 0 Å². The number of nitrogens with two attached hydrogens (primary N) is 1. The molecule has 130 valence electrons. The number of carbonyl (C=O) groups excluding carboxylic acids is 1. The van der Waals surface area contributed by atoms with Crippen molar-refractivity contribution < 1.29 is 13.2 Å². The highest BCUT2D eigenvalue weighted by Gasteiger charge is 2.54. The van der Waals surface area contributed by atoms with Crippen LogP contribution in [0.1, 0.15) is 56.1 Å². The average Bonchev–Trinajstić information content (AvgIpc) is 2.81. The van der Waals surface area contributed by atoms with Crippen LogP contribution in [-0.4, -0.2) is 14.2 Å². The van der Waals surface area contributed by atoms with Crippen molar-refractivity contribution in [3.8, 4) is 0 Å². The molecule has 3 unspecified atom stereocenters. The zero-order valence-corrected chi connectivity index (χ0v) is 15.5. The summed E-state index contributed by atoms with van der Waals surface area (Å²) in [6, 6.07) is 5.97. The van der Waals surface area contributed by atoms with Gasteiger partial charge in [-0.05, 0) is 73.1 Å². The number of hydrogen-bond acceptors (Lipinski definition) is 4. The lowest BCUT2D eigenvalue weighted by Gasteiger charge is -2.48. The molecule has 0 saturated heterocycles. The van der Waals surface area contributed by atoms with E-state index in [-0.39, 0.29) is 5.41 Å². The van der Waals surface area contributed by atoms with E-state index in [2.05, 4.69) is 13.0 Å². The Morgan fingerprint density at radius 2 is 2.00 bits per heavy atom. The molecule has 2 fully saturated rings. The third-order valence-electron chi connectivity index (χ3n) is 6.62. The number of aryl methyl sites for hydroxylation is 1. The molecule has 1 aromatic rings. The highest BCUT2D eigenvalue weighted by molar-refractivity contribution is 8.71. The van der Waals surface area contributed by atoms with Crippen molar-refractivity contribution in [1.29, 1.82) is 0 Å². The van der Waals surface area contributed by atoms with Gasteiger partial charge >= 0.3 is 0 Å². The highest BCUT2D eigenvalue weighted by Crippen LogP contribution is 2.59. The maximum Gasteiger partial charge on any atom is 0.266 e. The van der Waals surface area contributed by atoms with E-state index in [1.807, 2.05) is 12.1 Å². The van der Waals surface area contributed by atoms with Crippen molar-refractivity contribution >= 4 is 25.6 Å². The fourth-order valence-corrected chi connectivity index (χ4v) is 7.21. The van der Waals surface area contributed by atoms with Crippen LogP contribution < -0.4 is 5.14 Å². The van der Waals surface area contributed by atoms with Gasteiger partial charge < -0.3 is 0 Å². The Labute approximate surface area is 147 Å². The zero-order chi connectivity index (χ0) is 17.1. The summed E-state index contributed by atoms with van der Waals surface area (Å²) < 4.78 is 22.6. The van der Waals surface area contributed by atoms with Crippen LogP contribution in [0.15, 0.2) is 23.1 Å². The van der Waals surface area contributed by atoms with E-state index >= 15 is 0 Å². The molecule has 2 saturated carbocycles. The Morgan fingerprint density at radius 3 is 2.75 bits per heavy atom. The van der Waals surface area contributed by atoms with Crippen molar-refractivity contribution in [2.75, 3.05) is 0 Å². The van der Waals surface area contributed by atoms with Gasteiger partial charge in [-0.2, -0.15) is 0 Å². The Balaban J connectivity index is 1.65. The van der Waals surface area contributed by atoms with Gasteiger partial charge in [0, 0.05) is 27.5 Å². The van der Waals surface area contributed by atoms with Gasteiger partial charge in [-0.1, -0.05) is 13.0 Å². The minimum Gasteiger partial charge on any atom is -0.299 e. The third-order valence-corrected chi connectivity index (χ3v) is 8.57. The monoisotopic (exact) mass is 365 g/mol. The van der Waals surface area contributed by atoms with Gasteiger partial charge in [-0.25, -0.2) is 13.6 Å². The van der Waals surface area contributed by atoms with Crippen LogP contribution in [0.25, 0.3) is 0 Å². The van der Waals surface area contributed by atoms with Crippen molar-refractivity contribution in [1.82, 2.24) is 0 Å². The zero-order valence-electron chi connectivity index (χ0n) is 13.8. The molecule has 0 spiro atoms. The lowest BCUT2D eigenvalue weighted by molar-refractivity contribution is -0.129. The number of ketones is 1. The summed E-state index contributed by atoms with van der Waals surface area (Å²) in [6.07, 6.45) is 5.93. The molecule has 24 heavy (non-hydrogen) atoms. The predicted octanol–water partition coefficient (Wildman–Crippen LogP) is 3.41. The minimum atomic E-state index is -3.57. The summed E-state index contributed by atoms with van der Waals surface area (Å²) in [5.74, 6) is 2.11. The first-order chi connectivity index (χ1) is 11.3. The van der Waals surface area contributed by atoms with Crippen LogP contribution in [0.4, 0.5) is 0 Å².